The molecule has 1 N–H and O–H groups in total. The fraction of sp³-hybridized carbons (Fsp3) is 0.0164. The number of nitrogens with one attached hydrogen (secondary N) is 1. The predicted octanol–water partition coefficient (Wildman–Crippen LogP) is 15.8. The van der Waals surface area contributed by atoms with E-state index in [2.05, 4.69) is 264 Å². The van der Waals surface area contributed by atoms with Gasteiger partial charge >= 0.3 is 0 Å². The first-order valence-electron chi connectivity index (χ1n) is 22.8. The van der Waals surface area contributed by atoms with Crippen molar-refractivity contribution in [3.05, 3.63) is 236 Å². The summed E-state index contributed by atoms with van der Waals surface area (Å²) in [6.07, 6.45) is 0. The van der Waals surface area contributed by atoms with E-state index in [1.807, 2.05) is 11.3 Å². The van der Waals surface area contributed by atoms with E-state index in [9.17, 15) is 0 Å². The summed E-state index contributed by atoms with van der Waals surface area (Å²) < 4.78 is 5.14. The Morgan fingerprint density at radius 2 is 1.04 bits per heavy atom. The van der Waals surface area contributed by atoms with E-state index in [0.29, 0.717) is 0 Å². The standard InChI is InChI=1S/C61H42BN4S/c1-40-30-32-41(33-31-40)63-53-36-46(64(42-18-6-2-7-19-42)43-20-8-3-9-21-43)34-35-47(53)51-38-56(65(44-22-10-4-11-23-44)45-24-12-5-13-25-45)59-49-27-14-16-28-54(49)66-55-37-50-48-26-15-17-29-57(48)67-58(50)39-52(55)62-60(51)61(59)66/h2-39,63H,1H3. The third-order valence-corrected chi connectivity index (χ3v) is 14.3. The highest BCUT2D eigenvalue weighted by Gasteiger charge is 2.31. The number of rotatable bonds is 9. The summed E-state index contributed by atoms with van der Waals surface area (Å²) >= 11 is 1.87. The van der Waals surface area contributed by atoms with Crippen molar-refractivity contribution in [2.24, 2.45) is 0 Å². The summed E-state index contributed by atoms with van der Waals surface area (Å²) in [6.45, 7) is 2.14. The van der Waals surface area contributed by atoms with Gasteiger partial charge in [-0.3, -0.25) is 0 Å². The van der Waals surface area contributed by atoms with Gasteiger partial charge in [0.05, 0.1) is 16.7 Å². The minimum atomic E-state index is 1.01. The van der Waals surface area contributed by atoms with Crippen LogP contribution in [0.5, 0.6) is 0 Å². The number of nitrogens with zero attached hydrogens (tertiary/aromatic N) is 3. The van der Waals surface area contributed by atoms with Crippen LogP contribution in [0.4, 0.5) is 45.5 Å². The van der Waals surface area contributed by atoms with Crippen molar-refractivity contribution in [2.45, 2.75) is 6.92 Å². The molecule has 0 aliphatic carbocycles. The van der Waals surface area contributed by atoms with E-state index in [4.69, 9.17) is 0 Å². The second-order valence-electron chi connectivity index (χ2n) is 17.3. The quantitative estimate of drug-likeness (QED) is 0.146. The van der Waals surface area contributed by atoms with E-state index >= 15 is 0 Å². The first-order valence-corrected chi connectivity index (χ1v) is 23.7. The molecule has 0 amide bonds. The molecule has 0 spiro atoms. The molecule has 1 aliphatic heterocycles. The van der Waals surface area contributed by atoms with Gasteiger partial charge in [0.1, 0.15) is 0 Å². The van der Waals surface area contributed by atoms with Crippen molar-refractivity contribution >= 4 is 117 Å². The van der Waals surface area contributed by atoms with Crippen molar-refractivity contribution in [3.8, 4) is 16.8 Å². The SMILES string of the molecule is Cc1ccc(Nc2cc(N(c3ccccc3)c3ccccc3)ccc2-c2cc(N(c3ccccc3)c3ccccc3)c3c4ccccc4n4c3c2[B]c2cc3sc5ccccc5c3cc2-4)cc1. The summed E-state index contributed by atoms with van der Waals surface area (Å²) in [7, 11) is 2.46. The van der Waals surface area contributed by atoms with Crippen molar-refractivity contribution in [1.29, 1.82) is 0 Å². The predicted molar refractivity (Wildman–Crippen MR) is 288 cm³/mol. The van der Waals surface area contributed by atoms with Gasteiger partial charge in [0, 0.05) is 82.0 Å². The lowest BCUT2D eigenvalue weighted by Crippen LogP contribution is -2.37. The molecular formula is C61H42BN4S. The molecule has 0 saturated heterocycles. The van der Waals surface area contributed by atoms with Crippen LogP contribution >= 0.6 is 11.3 Å². The minimum Gasteiger partial charge on any atom is -0.355 e. The van der Waals surface area contributed by atoms with Crippen LogP contribution < -0.4 is 26.0 Å². The average molecular weight is 874 g/mol. The first-order chi connectivity index (χ1) is 33.1. The zero-order valence-corrected chi connectivity index (χ0v) is 37.6. The number of aromatic nitrogens is 1. The van der Waals surface area contributed by atoms with E-state index in [0.717, 1.165) is 56.6 Å². The fourth-order valence-corrected chi connectivity index (χ4v) is 11.3. The molecule has 4 nitrogen and oxygen atoms in total. The number of anilines is 8. The van der Waals surface area contributed by atoms with Gasteiger partial charge in [-0.2, -0.15) is 0 Å². The maximum atomic E-state index is 3.97. The van der Waals surface area contributed by atoms with Crippen molar-refractivity contribution in [1.82, 2.24) is 4.57 Å². The molecule has 2 aromatic heterocycles. The third kappa shape index (κ3) is 6.60. The molecular weight excluding hydrogens is 832 g/mol. The van der Waals surface area contributed by atoms with Gasteiger partial charge < -0.3 is 19.7 Å². The molecule has 67 heavy (non-hydrogen) atoms. The number of thiophene rings is 1. The van der Waals surface area contributed by atoms with Crippen LogP contribution in [0.15, 0.2) is 231 Å². The van der Waals surface area contributed by atoms with E-state index < -0.39 is 0 Å². The Morgan fingerprint density at radius 1 is 0.463 bits per heavy atom. The van der Waals surface area contributed by atoms with Gasteiger partial charge in [0.25, 0.3) is 0 Å². The summed E-state index contributed by atoms with van der Waals surface area (Å²) in [5.41, 5.74) is 18.0. The Kier molecular flexibility index (Phi) is 9.32. The molecule has 0 bridgehead atoms. The van der Waals surface area contributed by atoms with E-state index in [-0.39, 0.29) is 0 Å². The Bertz CT molecular complexity index is 3730. The van der Waals surface area contributed by atoms with Gasteiger partial charge in [-0.25, -0.2) is 0 Å². The first kappa shape index (κ1) is 39.1. The van der Waals surface area contributed by atoms with Crippen LogP contribution in [-0.2, 0) is 0 Å². The van der Waals surface area contributed by atoms with Gasteiger partial charge in [0.2, 0.25) is 0 Å². The molecule has 315 valence electrons. The van der Waals surface area contributed by atoms with Gasteiger partial charge in [-0.15, -0.1) is 11.3 Å². The maximum absolute atomic E-state index is 3.97. The number of aryl methyl sites for hydroxylation is 1. The van der Waals surface area contributed by atoms with E-state index in [1.54, 1.807) is 0 Å². The Balaban J connectivity index is 1.14. The minimum absolute atomic E-state index is 1.01. The van der Waals surface area contributed by atoms with Crippen LogP contribution in [0.2, 0.25) is 0 Å². The highest BCUT2D eigenvalue weighted by Crippen LogP contribution is 2.48. The zero-order chi connectivity index (χ0) is 44.4. The zero-order valence-electron chi connectivity index (χ0n) is 36.8. The smallest absolute Gasteiger partial charge is 0.197 e. The van der Waals surface area contributed by atoms with Crippen LogP contribution in [0, 0.1) is 6.92 Å². The molecule has 6 heteroatoms. The number of hydrogen-bond acceptors (Lipinski definition) is 4. The molecule has 1 aliphatic rings. The Labute approximate surface area is 394 Å². The molecule has 0 saturated carbocycles. The highest BCUT2D eigenvalue weighted by atomic mass is 32.1. The molecule has 3 heterocycles. The fourth-order valence-electron chi connectivity index (χ4n) is 10.2. The monoisotopic (exact) mass is 873 g/mol. The third-order valence-electron chi connectivity index (χ3n) is 13.2. The normalized spacial score (nSPS) is 11.8. The number of fused-ring (bicyclic) bond motifs is 8. The lowest BCUT2D eigenvalue weighted by Gasteiger charge is -2.30. The van der Waals surface area contributed by atoms with Crippen LogP contribution in [0.1, 0.15) is 5.56 Å². The summed E-state index contributed by atoms with van der Waals surface area (Å²) in [4.78, 5) is 4.78. The Hall–Kier alpha value is -8.32. The second kappa shape index (κ2) is 16.0. The lowest BCUT2D eigenvalue weighted by molar-refractivity contribution is 1.20. The van der Waals surface area contributed by atoms with Crippen molar-refractivity contribution < 1.29 is 0 Å². The summed E-state index contributed by atoms with van der Waals surface area (Å²) in [5.74, 6) is 0. The van der Waals surface area contributed by atoms with Gasteiger partial charge in [-0.05, 0) is 121 Å². The molecule has 0 atom stereocenters. The molecule has 1 radical (unpaired) electrons. The molecule has 13 rings (SSSR count). The second-order valence-corrected chi connectivity index (χ2v) is 18.4. The van der Waals surface area contributed by atoms with Gasteiger partial charge in [0.15, 0.2) is 7.28 Å². The van der Waals surface area contributed by atoms with Gasteiger partial charge in [-0.1, -0.05) is 138 Å². The summed E-state index contributed by atoms with van der Waals surface area (Å²) in [5, 5.41) is 8.97. The number of hydrogen-bond donors (Lipinski definition) is 1. The van der Waals surface area contributed by atoms with Crippen molar-refractivity contribution in [3.63, 3.8) is 0 Å². The van der Waals surface area contributed by atoms with Crippen LogP contribution in [0.25, 0.3) is 58.8 Å². The van der Waals surface area contributed by atoms with Crippen LogP contribution in [0.3, 0.4) is 0 Å². The molecule has 12 aromatic rings. The average Bonchev–Trinajstić information content (AvgIpc) is 3.93. The number of para-hydroxylation sites is 5. The molecule has 0 unspecified atom stereocenters. The largest absolute Gasteiger partial charge is 0.355 e. The maximum Gasteiger partial charge on any atom is 0.197 e. The van der Waals surface area contributed by atoms with E-state index in [1.165, 1.54) is 64.2 Å². The lowest BCUT2D eigenvalue weighted by atomic mass is 9.59. The van der Waals surface area contributed by atoms with Crippen LogP contribution in [-0.4, -0.2) is 11.8 Å². The summed E-state index contributed by atoms with van der Waals surface area (Å²) in [6, 6.07) is 83.7. The topological polar surface area (TPSA) is 23.4 Å². The molecule has 0 fully saturated rings. The molecule has 10 aromatic carbocycles. The Morgan fingerprint density at radius 3 is 1.70 bits per heavy atom. The van der Waals surface area contributed by atoms with Crippen molar-refractivity contribution in [2.75, 3.05) is 15.1 Å². The highest BCUT2D eigenvalue weighted by molar-refractivity contribution is 7.26. The number of benzene rings is 10.